The molecule has 4 rings (SSSR count). The Bertz CT molecular complexity index is 578. The minimum absolute atomic E-state index is 0.116. The highest BCUT2D eigenvalue weighted by atomic mass is 32.1. The lowest BCUT2D eigenvalue weighted by Gasteiger charge is -2.38. The molecule has 114 valence electrons. The van der Waals surface area contributed by atoms with E-state index in [1.54, 1.807) is 18.3 Å². The molecule has 0 amide bonds. The van der Waals surface area contributed by atoms with Crippen molar-refractivity contribution in [2.24, 2.45) is 0 Å². The Morgan fingerprint density at radius 1 is 1.24 bits per heavy atom. The molecule has 21 heavy (non-hydrogen) atoms. The Kier molecular flexibility index (Phi) is 3.23. The standard InChI is InChI=1S/C16H23N3OS/c1-10(20)15-14(17)13(11-4-5-11)16(21-15)19-8-7-18-6-2-3-12(18)9-19/h11-12H,2-9,17H2,1H3. The fraction of sp³-hybridized carbons (Fsp3) is 0.688. The molecule has 3 fully saturated rings. The van der Waals surface area contributed by atoms with Gasteiger partial charge in [0, 0.05) is 38.2 Å². The highest BCUT2D eigenvalue weighted by molar-refractivity contribution is 7.18. The van der Waals surface area contributed by atoms with Crippen LogP contribution >= 0.6 is 11.3 Å². The summed E-state index contributed by atoms with van der Waals surface area (Å²) in [4.78, 5) is 17.8. The van der Waals surface area contributed by atoms with E-state index in [0.717, 1.165) is 30.2 Å². The molecule has 1 saturated carbocycles. The number of fused-ring (bicyclic) bond motifs is 1. The molecule has 5 heteroatoms. The Hall–Kier alpha value is -1.07. The zero-order valence-corrected chi connectivity index (χ0v) is 13.4. The number of thiophene rings is 1. The number of hydrogen-bond acceptors (Lipinski definition) is 5. The second kappa shape index (κ2) is 4.99. The quantitative estimate of drug-likeness (QED) is 0.872. The lowest BCUT2D eigenvalue weighted by atomic mass is 10.1. The minimum atomic E-state index is 0.116. The largest absolute Gasteiger partial charge is 0.397 e. The van der Waals surface area contributed by atoms with Crippen LogP contribution in [-0.4, -0.2) is 42.9 Å². The van der Waals surface area contributed by atoms with Crippen molar-refractivity contribution in [1.29, 1.82) is 0 Å². The third-order valence-corrected chi connectivity index (χ3v) is 6.53. The number of Topliss-reactive ketones (excluding diaryl/α,β-unsaturated/α-hetero) is 1. The molecule has 2 N–H and O–H groups in total. The molecule has 2 aliphatic heterocycles. The summed E-state index contributed by atoms with van der Waals surface area (Å²) in [6, 6.07) is 0.704. The van der Waals surface area contributed by atoms with E-state index in [4.69, 9.17) is 5.73 Å². The molecular formula is C16H23N3OS. The third-order valence-electron chi connectivity index (χ3n) is 5.14. The molecule has 2 saturated heterocycles. The van der Waals surface area contributed by atoms with Gasteiger partial charge >= 0.3 is 0 Å². The molecule has 1 unspecified atom stereocenters. The number of nitrogens with two attached hydrogens (primary N) is 1. The molecule has 3 heterocycles. The summed E-state index contributed by atoms with van der Waals surface area (Å²) < 4.78 is 0. The fourth-order valence-corrected chi connectivity index (χ4v) is 5.12. The van der Waals surface area contributed by atoms with Crippen molar-refractivity contribution in [3.05, 3.63) is 10.4 Å². The molecule has 1 aliphatic carbocycles. The highest BCUT2D eigenvalue weighted by Crippen LogP contribution is 2.52. The van der Waals surface area contributed by atoms with Gasteiger partial charge in [-0.2, -0.15) is 0 Å². The number of ketones is 1. The van der Waals surface area contributed by atoms with Gasteiger partial charge in [-0.3, -0.25) is 9.69 Å². The zero-order valence-electron chi connectivity index (χ0n) is 12.6. The average molecular weight is 305 g/mol. The van der Waals surface area contributed by atoms with E-state index in [0.29, 0.717) is 12.0 Å². The summed E-state index contributed by atoms with van der Waals surface area (Å²) in [6.07, 6.45) is 5.11. The number of carbonyl (C=O) groups excluding carboxylic acids is 1. The van der Waals surface area contributed by atoms with Crippen LogP contribution in [0.2, 0.25) is 0 Å². The Morgan fingerprint density at radius 2 is 2.05 bits per heavy atom. The Labute approximate surface area is 129 Å². The maximum atomic E-state index is 11.8. The lowest BCUT2D eigenvalue weighted by Crippen LogP contribution is -2.50. The zero-order chi connectivity index (χ0) is 14.6. The van der Waals surface area contributed by atoms with Crippen molar-refractivity contribution in [2.45, 2.75) is 44.6 Å². The van der Waals surface area contributed by atoms with Gasteiger partial charge < -0.3 is 10.6 Å². The molecular weight excluding hydrogens is 282 g/mol. The van der Waals surface area contributed by atoms with Gasteiger partial charge in [-0.05, 0) is 38.1 Å². The van der Waals surface area contributed by atoms with Gasteiger partial charge in [0.25, 0.3) is 0 Å². The first-order valence-electron chi connectivity index (χ1n) is 8.07. The predicted molar refractivity (Wildman–Crippen MR) is 87.5 cm³/mol. The third kappa shape index (κ3) is 2.27. The molecule has 0 spiro atoms. The second-order valence-electron chi connectivity index (χ2n) is 6.67. The first kappa shape index (κ1) is 13.6. The first-order valence-corrected chi connectivity index (χ1v) is 8.89. The van der Waals surface area contributed by atoms with Gasteiger partial charge in [-0.15, -0.1) is 11.3 Å². The van der Waals surface area contributed by atoms with Crippen LogP contribution in [0.15, 0.2) is 0 Å². The maximum Gasteiger partial charge on any atom is 0.171 e. The van der Waals surface area contributed by atoms with E-state index in [-0.39, 0.29) is 5.78 Å². The predicted octanol–water partition coefficient (Wildman–Crippen LogP) is 2.69. The van der Waals surface area contributed by atoms with Crippen molar-refractivity contribution in [3.8, 4) is 0 Å². The lowest BCUT2D eigenvalue weighted by molar-refractivity contribution is 0.102. The summed E-state index contributed by atoms with van der Waals surface area (Å²) in [6.45, 7) is 6.24. The molecule has 1 aromatic rings. The number of nitrogens with zero attached hydrogens (tertiary/aromatic N) is 2. The van der Waals surface area contributed by atoms with Crippen LogP contribution in [0.3, 0.4) is 0 Å². The van der Waals surface area contributed by atoms with E-state index in [1.165, 1.54) is 42.8 Å². The Balaban J connectivity index is 1.67. The molecule has 4 nitrogen and oxygen atoms in total. The number of nitrogen functional groups attached to an aromatic ring is 1. The summed E-state index contributed by atoms with van der Waals surface area (Å²) in [5, 5.41) is 1.30. The monoisotopic (exact) mass is 305 g/mol. The van der Waals surface area contributed by atoms with Crippen LogP contribution in [0.5, 0.6) is 0 Å². The van der Waals surface area contributed by atoms with E-state index in [2.05, 4.69) is 9.80 Å². The van der Waals surface area contributed by atoms with Crippen molar-refractivity contribution >= 4 is 27.8 Å². The van der Waals surface area contributed by atoms with E-state index >= 15 is 0 Å². The topological polar surface area (TPSA) is 49.6 Å². The van der Waals surface area contributed by atoms with Crippen LogP contribution < -0.4 is 10.6 Å². The number of hydrogen-bond donors (Lipinski definition) is 1. The number of anilines is 2. The van der Waals surface area contributed by atoms with Crippen molar-refractivity contribution < 1.29 is 4.79 Å². The van der Waals surface area contributed by atoms with Gasteiger partial charge in [0.05, 0.1) is 15.6 Å². The van der Waals surface area contributed by atoms with E-state index in [9.17, 15) is 4.79 Å². The van der Waals surface area contributed by atoms with E-state index < -0.39 is 0 Å². The van der Waals surface area contributed by atoms with Gasteiger partial charge in [-0.1, -0.05) is 0 Å². The maximum absolute atomic E-state index is 11.8. The van der Waals surface area contributed by atoms with Crippen LogP contribution in [0, 0.1) is 0 Å². The fourth-order valence-electron chi connectivity index (χ4n) is 3.88. The van der Waals surface area contributed by atoms with Crippen LogP contribution in [0.25, 0.3) is 0 Å². The molecule has 1 atom stereocenters. The minimum Gasteiger partial charge on any atom is -0.397 e. The highest BCUT2D eigenvalue weighted by Gasteiger charge is 2.37. The number of carbonyl (C=O) groups is 1. The first-order chi connectivity index (χ1) is 10.1. The van der Waals surface area contributed by atoms with Crippen LogP contribution in [0.1, 0.15) is 53.8 Å². The number of piperazine rings is 1. The van der Waals surface area contributed by atoms with E-state index in [1.807, 2.05) is 0 Å². The van der Waals surface area contributed by atoms with Gasteiger partial charge in [0.15, 0.2) is 5.78 Å². The summed E-state index contributed by atoms with van der Waals surface area (Å²) >= 11 is 1.64. The summed E-state index contributed by atoms with van der Waals surface area (Å²) in [5.74, 6) is 0.719. The molecule has 0 bridgehead atoms. The molecule has 0 radical (unpaired) electrons. The second-order valence-corrected chi connectivity index (χ2v) is 7.67. The van der Waals surface area contributed by atoms with Crippen molar-refractivity contribution in [1.82, 2.24) is 4.90 Å². The Morgan fingerprint density at radius 3 is 2.76 bits per heavy atom. The molecule has 0 aromatic carbocycles. The van der Waals surface area contributed by atoms with Gasteiger partial charge in [-0.25, -0.2) is 0 Å². The van der Waals surface area contributed by atoms with Crippen molar-refractivity contribution in [2.75, 3.05) is 36.8 Å². The summed E-state index contributed by atoms with van der Waals surface area (Å²) in [5.41, 5.74) is 8.38. The van der Waals surface area contributed by atoms with Crippen molar-refractivity contribution in [3.63, 3.8) is 0 Å². The van der Waals surface area contributed by atoms with Crippen LogP contribution in [-0.2, 0) is 0 Å². The smallest absolute Gasteiger partial charge is 0.171 e. The average Bonchev–Trinajstić information content (AvgIpc) is 3.07. The van der Waals surface area contributed by atoms with Gasteiger partial charge in [0.2, 0.25) is 0 Å². The molecule has 1 aromatic heterocycles. The summed E-state index contributed by atoms with van der Waals surface area (Å²) in [7, 11) is 0. The number of rotatable bonds is 3. The van der Waals surface area contributed by atoms with Crippen LogP contribution in [0.4, 0.5) is 10.7 Å². The van der Waals surface area contributed by atoms with Gasteiger partial charge in [0.1, 0.15) is 0 Å². The normalized spacial score (nSPS) is 26.1. The SMILES string of the molecule is CC(=O)c1sc(N2CCN3CCCC3C2)c(C2CC2)c1N. The molecule has 3 aliphatic rings.